The maximum atomic E-state index is 6.13. The summed E-state index contributed by atoms with van der Waals surface area (Å²) in [7, 11) is 1.68. The zero-order valence-electron chi connectivity index (χ0n) is 15.7. The number of aryl methyl sites for hydroxylation is 4. The van der Waals surface area contributed by atoms with Gasteiger partial charge in [0.2, 0.25) is 4.96 Å². The topological polar surface area (TPSA) is 65.5 Å². The van der Waals surface area contributed by atoms with E-state index in [4.69, 9.17) is 9.15 Å². The van der Waals surface area contributed by atoms with Crippen LogP contribution in [0.4, 0.5) is 0 Å². The molecule has 4 heterocycles. The van der Waals surface area contributed by atoms with Gasteiger partial charge in [-0.25, -0.2) is 14.5 Å². The second-order valence-electron chi connectivity index (χ2n) is 6.64. The molecule has 0 atom stereocenters. The minimum atomic E-state index is 0.740. The number of rotatable bonds is 5. The number of hydrogen-bond donors (Lipinski definition) is 0. The lowest BCUT2D eigenvalue weighted by Crippen LogP contribution is -1.94. The van der Waals surface area contributed by atoms with Crippen molar-refractivity contribution in [2.24, 2.45) is 0 Å². The Labute approximate surface area is 169 Å². The van der Waals surface area contributed by atoms with E-state index in [0.717, 1.165) is 61.7 Å². The molecule has 0 aliphatic heterocycles. The summed E-state index contributed by atoms with van der Waals surface area (Å²) < 4.78 is 13.4. The summed E-state index contributed by atoms with van der Waals surface area (Å²) in [6, 6.07) is 6.07. The Morgan fingerprint density at radius 2 is 2.00 bits per heavy atom. The summed E-state index contributed by atoms with van der Waals surface area (Å²) in [4.78, 5) is 10.1. The van der Waals surface area contributed by atoms with Gasteiger partial charge in [-0.15, -0.1) is 11.3 Å². The van der Waals surface area contributed by atoms with Gasteiger partial charge in [0.05, 0.1) is 24.0 Å². The second-order valence-corrected chi connectivity index (χ2v) is 8.86. The van der Waals surface area contributed by atoms with Gasteiger partial charge in [-0.3, -0.25) is 0 Å². The number of aromatic nitrogens is 4. The first-order valence-electron chi connectivity index (χ1n) is 8.94. The highest BCUT2D eigenvalue weighted by Crippen LogP contribution is 2.34. The number of thiazole rings is 1. The minimum Gasteiger partial charge on any atom is -0.497 e. The summed E-state index contributed by atoms with van der Waals surface area (Å²) in [6.45, 7) is 4.01. The predicted octanol–water partition coefficient (Wildman–Crippen LogP) is 5.07. The summed E-state index contributed by atoms with van der Waals surface area (Å²) >= 11 is 3.25. The quantitative estimate of drug-likeness (QED) is 0.405. The Bertz CT molecular complexity index is 1260. The summed E-state index contributed by atoms with van der Waals surface area (Å²) in [5.41, 5.74) is 3.90. The molecule has 0 amide bonds. The van der Waals surface area contributed by atoms with Gasteiger partial charge in [-0.05, 0) is 44.4 Å². The first kappa shape index (κ1) is 17.4. The zero-order valence-corrected chi connectivity index (χ0v) is 17.4. The third-order valence-electron chi connectivity index (χ3n) is 4.65. The van der Waals surface area contributed by atoms with Gasteiger partial charge in [-0.2, -0.15) is 5.10 Å². The molecule has 0 saturated heterocycles. The normalized spacial score (nSPS) is 11.7. The summed E-state index contributed by atoms with van der Waals surface area (Å²) in [6.07, 6.45) is 3.66. The van der Waals surface area contributed by atoms with Crippen molar-refractivity contribution in [1.29, 1.82) is 0 Å². The molecule has 0 bridgehead atoms. The van der Waals surface area contributed by atoms with E-state index in [9.17, 15) is 0 Å². The molecule has 8 heteroatoms. The third-order valence-corrected chi connectivity index (χ3v) is 6.31. The molecule has 4 aromatic heterocycles. The average Bonchev–Trinajstić information content (AvgIpc) is 3.41. The van der Waals surface area contributed by atoms with Crippen molar-refractivity contribution in [2.45, 2.75) is 26.7 Å². The molecule has 6 nitrogen and oxygen atoms in total. The smallest absolute Gasteiger partial charge is 0.212 e. The van der Waals surface area contributed by atoms with Crippen LogP contribution in [-0.4, -0.2) is 26.7 Å². The maximum Gasteiger partial charge on any atom is 0.212 e. The first-order valence-corrected chi connectivity index (χ1v) is 10.6. The highest BCUT2D eigenvalue weighted by atomic mass is 32.1. The number of imidazole rings is 1. The van der Waals surface area contributed by atoms with E-state index >= 15 is 0 Å². The van der Waals surface area contributed by atoms with Crippen LogP contribution in [0, 0.1) is 13.8 Å². The molecule has 28 heavy (non-hydrogen) atoms. The van der Waals surface area contributed by atoms with E-state index in [1.54, 1.807) is 34.3 Å². The molecule has 5 aromatic rings. The number of ether oxygens (including phenoxy) is 1. The van der Waals surface area contributed by atoms with Gasteiger partial charge in [0.25, 0.3) is 0 Å². The van der Waals surface area contributed by atoms with Crippen LogP contribution in [0.15, 0.2) is 34.2 Å². The van der Waals surface area contributed by atoms with Crippen LogP contribution in [0.2, 0.25) is 0 Å². The fraction of sp³-hybridized carbons (Fsp3) is 0.250. The Morgan fingerprint density at radius 1 is 1.11 bits per heavy atom. The van der Waals surface area contributed by atoms with Gasteiger partial charge in [-0.1, -0.05) is 11.3 Å². The molecule has 142 valence electrons. The van der Waals surface area contributed by atoms with Gasteiger partial charge < -0.3 is 9.15 Å². The molecule has 0 aliphatic rings. The summed E-state index contributed by atoms with van der Waals surface area (Å²) in [5.74, 6) is 1.53. The van der Waals surface area contributed by atoms with Crippen molar-refractivity contribution >= 4 is 38.6 Å². The van der Waals surface area contributed by atoms with E-state index in [1.165, 1.54) is 5.56 Å². The molecule has 5 rings (SSSR count). The van der Waals surface area contributed by atoms with Crippen molar-refractivity contribution in [3.8, 4) is 17.2 Å². The van der Waals surface area contributed by atoms with Crippen molar-refractivity contribution < 1.29 is 9.15 Å². The number of furan rings is 1. The summed E-state index contributed by atoms with van der Waals surface area (Å²) in [5, 5.41) is 9.73. The van der Waals surface area contributed by atoms with Crippen LogP contribution >= 0.6 is 22.7 Å². The molecule has 1 aromatic carbocycles. The number of hydrogen-bond acceptors (Lipinski definition) is 7. The SMILES string of the molecule is COc1cc(CCc2csc(C)n2)c2cc(-c3cn4nc(C)sc4n3)oc2c1. The van der Waals surface area contributed by atoms with Gasteiger partial charge in [0.1, 0.15) is 22.0 Å². The minimum absolute atomic E-state index is 0.740. The Hall–Kier alpha value is -2.71. The van der Waals surface area contributed by atoms with E-state index < -0.39 is 0 Å². The lowest BCUT2D eigenvalue weighted by molar-refractivity contribution is 0.414. The van der Waals surface area contributed by atoms with Crippen LogP contribution in [0.25, 0.3) is 27.4 Å². The van der Waals surface area contributed by atoms with E-state index in [0.29, 0.717) is 0 Å². The van der Waals surface area contributed by atoms with Crippen LogP contribution in [0.5, 0.6) is 5.75 Å². The van der Waals surface area contributed by atoms with Gasteiger partial charge >= 0.3 is 0 Å². The highest BCUT2D eigenvalue weighted by Gasteiger charge is 2.16. The van der Waals surface area contributed by atoms with Crippen molar-refractivity contribution in [3.05, 3.63) is 51.0 Å². The van der Waals surface area contributed by atoms with E-state index in [1.807, 2.05) is 26.1 Å². The predicted molar refractivity (Wildman–Crippen MR) is 112 cm³/mol. The number of fused-ring (bicyclic) bond motifs is 2. The molecule has 0 saturated carbocycles. The molecule has 0 N–H and O–H groups in total. The molecule has 0 fully saturated rings. The maximum absolute atomic E-state index is 6.13. The molecule has 0 aliphatic carbocycles. The zero-order chi connectivity index (χ0) is 19.3. The largest absolute Gasteiger partial charge is 0.497 e. The van der Waals surface area contributed by atoms with E-state index in [2.05, 4.69) is 32.6 Å². The molecular formula is C20H18N4O2S2. The Morgan fingerprint density at radius 3 is 2.75 bits per heavy atom. The molecular weight excluding hydrogens is 392 g/mol. The fourth-order valence-electron chi connectivity index (χ4n) is 3.34. The fourth-order valence-corrected chi connectivity index (χ4v) is 4.71. The highest BCUT2D eigenvalue weighted by molar-refractivity contribution is 7.16. The first-order chi connectivity index (χ1) is 13.6. The van der Waals surface area contributed by atoms with Crippen LogP contribution in [-0.2, 0) is 12.8 Å². The van der Waals surface area contributed by atoms with E-state index in [-0.39, 0.29) is 0 Å². The average molecular weight is 411 g/mol. The lowest BCUT2D eigenvalue weighted by atomic mass is 10.0. The van der Waals surface area contributed by atoms with Crippen molar-refractivity contribution in [2.75, 3.05) is 7.11 Å². The third kappa shape index (κ3) is 3.08. The van der Waals surface area contributed by atoms with Gasteiger partial charge in [0, 0.05) is 16.8 Å². The lowest BCUT2D eigenvalue weighted by Gasteiger charge is -2.05. The monoisotopic (exact) mass is 410 g/mol. The van der Waals surface area contributed by atoms with Crippen molar-refractivity contribution in [1.82, 2.24) is 19.6 Å². The number of methoxy groups -OCH3 is 1. The number of nitrogens with zero attached hydrogens (tertiary/aromatic N) is 4. The van der Waals surface area contributed by atoms with Crippen molar-refractivity contribution in [3.63, 3.8) is 0 Å². The Balaban J connectivity index is 1.54. The number of benzene rings is 1. The molecule has 0 radical (unpaired) electrons. The standard InChI is InChI=1S/C20H18N4O2S2/c1-11-21-14(10-27-11)5-4-13-6-15(25-3)7-18-16(13)8-19(26-18)17-9-24-20(22-17)28-12(2)23-24/h6-10H,4-5H2,1-3H3. The van der Waals surface area contributed by atoms with Crippen LogP contribution in [0.1, 0.15) is 21.3 Å². The molecule has 0 unspecified atom stereocenters. The van der Waals surface area contributed by atoms with Gasteiger partial charge in [0.15, 0.2) is 5.76 Å². The van der Waals surface area contributed by atoms with Crippen LogP contribution < -0.4 is 4.74 Å². The van der Waals surface area contributed by atoms with Crippen LogP contribution in [0.3, 0.4) is 0 Å². The Kier molecular flexibility index (Phi) is 4.17. The molecule has 0 spiro atoms. The second kappa shape index (κ2) is 6.72.